The van der Waals surface area contributed by atoms with E-state index < -0.39 is 0 Å². The first-order chi connectivity index (χ1) is 9.29. The molecule has 0 amide bonds. The number of rotatable bonds is 10. The summed E-state index contributed by atoms with van der Waals surface area (Å²) in [6.07, 6.45) is 2.25. The molecule has 0 aliphatic heterocycles. The lowest BCUT2D eigenvalue weighted by Crippen LogP contribution is -2.34. The van der Waals surface area contributed by atoms with Crippen LogP contribution >= 0.6 is 0 Å². The molecule has 1 atom stereocenters. The second kappa shape index (κ2) is 9.96. The average Bonchev–Trinajstić information content (AvgIpc) is 2.45. The molecule has 1 N–H and O–H groups in total. The lowest BCUT2D eigenvalue weighted by Gasteiger charge is -2.29. The predicted octanol–water partition coefficient (Wildman–Crippen LogP) is 2.70. The van der Waals surface area contributed by atoms with E-state index >= 15 is 0 Å². The number of methoxy groups -OCH3 is 1. The van der Waals surface area contributed by atoms with Crippen molar-refractivity contribution in [3.63, 3.8) is 0 Å². The number of likely N-dealkylation sites (N-methyl/N-ethyl adjacent to an activating group) is 1. The fraction of sp³-hybridized carbons (Fsp3) is 0.625. The third kappa shape index (κ3) is 6.19. The molecule has 0 saturated carbocycles. The van der Waals surface area contributed by atoms with Crippen molar-refractivity contribution in [1.29, 1.82) is 0 Å². The van der Waals surface area contributed by atoms with Gasteiger partial charge in [0.2, 0.25) is 0 Å². The fourth-order valence-corrected chi connectivity index (χ4v) is 2.23. The van der Waals surface area contributed by atoms with Crippen molar-refractivity contribution in [3.05, 3.63) is 35.9 Å². The zero-order valence-corrected chi connectivity index (χ0v) is 12.6. The number of nitrogens with zero attached hydrogens (tertiary/aromatic N) is 1. The summed E-state index contributed by atoms with van der Waals surface area (Å²) in [5.74, 6) is 0. The largest absolute Gasteiger partial charge is 0.385 e. The number of hydrogen-bond acceptors (Lipinski definition) is 3. The van der Waals surface area contributed by atoms with Crippen LogP contribution in [0.5, 0.6) is 0 Å². The van der Waals surface area contributed by atoms with E-state index in [0.717, 1.165) is 32.7 Å². The highest BCUT2D eigenvalue weighted by molar-refractivity contribution is 5.19. The molecule has 0 aliphatic rings. The summed E-state index contributed by atoms with van der Waals surface area (Å²) >= 11 is 0. The molecule has 1 rings (SSSR count). The van der Waals surface area contributed by atoms with E-state index in [1.54, 1.807) is 7.11 Å². The molecular weight excluding hydrogens is 236 g/mol. The Labute approximate surface area is 118 Å². The Morgan fingerprint density at radius 2 is 2.00 bits per heavy atom. The van der Waals surface area contributed by atoms with Crippen LogP contribution in [0.1, 0.15) is 31.4 Å². The van der Waals surface area contributed by atoms with Crippen LogP contribution < -0.4 is 5.32 Å². The monoisotopic (exact) mass is 264 g/mol. The molecule has 1 unspecified atom stereocenters. The molecule has 0 bridgehead atoms. The molecular formula is C16H28N2O. The molecule has 0 spiro atoms. The Kier molecular flexibility index (Phi) is 8.47. The summed E-state index contributed by atoms with van der Waals surface area (Å²) in [6, 6.07) is 11.2. The first kappa shape index (κ1) is 16.2. The third-order valence-corrected chi connectivity index (χ3v) is 3.34. The van der Waals surface area contributed by atoms with Crippen molar-refractivity contribution < 1.29 is 4.74 Å². The van der Waals surface area contributed by atoms with Gasteiger partial charge in [0.1, 0.15) is 0 Å². The van der Waals surface area contributed by atoms with Crippen molar-refractivity contribution in [1.82, 2.24) is 10.2 Å². The summed E-state index contributed by atoms with van der Waals surface area (Å²) in [4.78, 5) is 2.41. The lowest BCUT2D eigenvalue weighted by atomic mass is 10.1. The van der Waals surface area contributed by atoms with Gasteiger partial charge in [0, 0.05) is 32.8 Å². The van der Waals surface area contributed by atoms with Crippen molar-refractivity contribution >= 4 is 0 Å². The highest BCUT2D eigenvalue weighted by atomic mass is 16.5. The van der Waals surface area contributed by atoms with E-state index in [4.69, 9.17) is 4.74 Å². The van der Waals surface area contributed by atoms with Gasteiger partial charge in [-0.1, -0.05) is 37.3 Å². The van der Waals surface area contributed by atoms with Crippen molar-refractivity contribution in [2.45, 2.75) is 25.8 Å². The highest BCUT2D eigenvalue weighted by Gasteiger charge is 2.15. The van der Waals surface area contributed by atoms with Gasteiger partial charge in [0.15, 0.2) is 0 Å². The van der Waals surface area contributed by atoms with Gasteiger partial charge in [-0.2, -0.15) is 0 Å². The van der Waals surface area contributed by atoms with Gasteiger partial charge >= 0.3 is 0 Å². The highest BCUT2D eigenvalue weighted by Crippen LogP contribution is 2.18. The maximum atomic E-state index is 5.13. The van der Waals surface area contributed by atoms with Gasteiger partial charge in [0.25, 0.3) is 0 Å². The molecule has 0 saturated heterocycles. The Morgan fingerprint density at radius 1 is 1.26 bits per heavy atom. The van der Waals surface area contributed by atoms with Crippen LogP contribution in [0.2, 0.25) is 0 Å². The van der Waals surface area contributed by atoms with Crippen LogP contribution in [-0.4, -0.2) is 45.3 Å². The zero-order valence-electron chi connectivity index (χ0n) is 12.6. The van der Waals surface area contributed by atoms with E-state index in [1.165, 1.54) is 12.0 Å². The average molecular weight is 264 g/mol. The van der Waals surface area contributed by atoms with Gasteiger partial charge in [-0.05, 0) is 32.0 Å². The number of nitrogens with one attached hydrogen (secondary N) is 1. The molecule has 0 heterocycles. The Hall–Kier alpha value is -0.900. The van der Waals surface area contributed by atoms with E-state index in [-0.39, 0.29) is 0 Å². The topological polar surface area (TPSA) is 24.5 Å². The SMILES string of the molecule is CCCNCC(c1ccccc1)N(C)CCCOC. The second-order valence-electron chi connectivity index (χ2n) is 4.96. The van der Waals surface area contributed by atoms with Crippen molar-refractivity contribution in [2.24, 2.45) is 0 Å². The van der Waals surface area contributed by atoms with Crippen LogP contribution in [0.15, 0.2) is 30.3 Å². The van der Waals surface area contributed by atoms with Gasteiger partial charge in [-0.15, -0.1) is 0 Å². The molecule has 3 nitrogen and oxygen atoms in total. The summed E-state index contributed by atoms with van der Waals surface area (Å²) < 4.78 is 5.13. The van der Waals surface area contributed by atoms with Crippen molar-refractivity contribution in [2.75, 3.05) is 40.4 Å². The van der Waals surface area contributed by atoms with Gasteiger partial charge in [0.05, 0.1) is 0 Å². The van der Waals surface area contributed by atoms with E-state index in [2.05, 4.69) is 54.5 Å². The second-order valence-corrected chi connectivity index (χ2v) is 4.96. The van der Waals surface area contributed by atoms with Crippen LogP contribution in [0, 0.1) is 0 Å². The summed E-state index contributed by atoms with van der Waals surface area (Å²) in [5, 5.41) is 3.53. The molecule has 0 aromatic heterocycles. The number of hydrogen-bond donors (Lipinski definition) is 1. The maximum Gasteiger partial charge on any atom is 0.0474 e. The summed E-state index contributed by atoms with van der Waals surface area (Å²) in [7, 11) is 3.96. The Morgan fingerprint density at radius 3 is 2.63 bits per heavy atom. The first-order valence-corrected chi connectivity index (χ1v) is 7.24. The Bertz CT molecular complexity index is 316. The van der Waals surface area contributed by atoms with Crippen LogP contribution in [0.4, 0.5) is 0 Å². The Balaban J connectivity index is 2.58. The molecule has 1 aromatic carbocycles. The molecule has 3 heteroatoms. The van der Waals surface area contributed by atoms with Crippen LogP contribution in [0.3, 0.4) is 0 Å². The van der Waals surface area contributed by atoms with Crippen LogP contribution in [-0.2, 0) is 4.74 Å². The molecule has 108 valence electrons. The molecule has 1 aromatic rings. The lowest BCUT2D eigenvalue weighted by molar-refractivity contribution is 0.164. The number of benzene rings is 1. The smallest absolute Gasteiger partial charge is 0.0474 e. The number of ether oxygens (including phenoxy) is 1. The van der Waals surface area contributed by atoms with E-state index in [0.29, 0.717) is 6.04 Å². The minimum Gasteiger partial charge on any atom is -0.385 e. The quantitative estimate of drug-likeness (QED) is 0.658. The third-order valence-electron chi connectivity index (χ3n) is 3.34. The maximum absolute atomic E-state index is 5.13. The molecule has 0 fully saturated rings. The predicted molar refractivity (Wildman–Crippen MR) is 81.5 cm³/mol. The zero-order chi connectivity index (χ0) is 13.9. The van der Waals surface area contributed by atoms with E-state index in [9.17, 15) is 0 Å². The molecule has 0 radical (unpaired) electrons. The minimum atomic E-state index is 0.435. The van der Waals surface area contributed by atoms with Gasteiger partial charge in [-0.25, -0.2) is 0 Å². The first-order valence-electron chi connectivity index (χ1n) is 7.24. The van der Waals surface area contributed by atoms with Crippen molar-refractivity contribution in [3.8, 4) is 0 Å². The van der Waals surface area contributed by atoms with Gasteiger partial charge < -0.3 is 10.1 Å². The summed E-state index contributed by atoms with van der Waals surface area (Å²) in [6.45, 7) is 6.17. The normalized spacial score (nSPS) is 12.8. The summed E-state index contributed by atoms with van der Waals surface area (Å²) in [5.41, 5.74) is 1.38. The van der Waals surface area contributed by atoms with Crippen LogP contribution in [0.25, 0.3) is 0 Å². The minimum absolute atomic E-state index is 0.435. The molecule has 0 aliphatic carbocycles. The molecule has 19 heavy (non-hydrogen) atoms. The van der Waals surface area contributed by atoms with Gasteiger partial charge in [-0.3, -0.25) is 4.90 Å². The standard InChI is InChI=1S/C16H28N2O/c1-4-11-17-14-16(15-9-6-5-7-10-15)18(2)12-8-13-19-3/h5-7,9-10,16-17H,4,8,11-14H2,1-3H3. The van der Waals surface area contributed by atoms with E-state index in [1.807, 2.05) is 0 Å². The fourth-order valence-electron chi connectivity index (χ4n) is 2.23.